The molecule has 0 amide bonds. The fourth-order valence-corrected chi connectivity index (χ4v) is 7.30. The number of phenolic OH excluding ortho intramolecular Hbond substituents is 1. The summed E-state index contributed by atoms with van der Waals surface area (Å²) in [5.41, 5.74) is 7.58. The molecule has 1 aromatic heterocycles. The molecule has 1 fully saturated rings. The zero-order chi connectivity index (χ0) is 32.5. The molecule has 4 aromatic carbocycles. The minimum atomic E-state index is 0.335. The Bertz CT molecular complexity index is 1920. The highest BCUT2D eigenvalue weighted by Crippen LogP contribution is 2.52. The maximum Gasteiger partial charge on any atom is 0.161 e. The summed E-state index contributed by atoms with van der Waals surface area (Å²) in [5, 5.41) is 15.1. The van der Waals surface area contributed by atoms with E-state index in [0.29, 0.717) is 57.7 Å². The molecule has 1 N–H and O–H groups in total. The van der Waals surface area contributed by atoms with Gasteiger partial charge in [-0.1, -0.05) is 30.3 Å². The lowest BCUT2D eigenvalue weighted by atomic mass is 9.90. The molecule has 246 valence electrons. The van der Waals surface area contributed by atoms with E-state index in [1.54, 1.807) is 0 Å². The normalized spacial score (nSPS) is 14.6. The van der Waals surface area contributed by atoms with Crippen molar-refractivity contribution in [2.24, 2.45) is 0 Å². The maximum absolute atomic E-state index is 12.1. The molecule has 0 radical (unpaired) electrons. The molecular weight excluding hydrogens is 592 g/mol. The van der Waals surface area contributed by atoms with Crippen LogP contribution < -0.4 is 18.9 Å². The first kappa shape index (κ1) is 31.2. The lowest BCUT2D eigenvalue weighted by Gasteiger charge is -2.27. The highest BCUT2D eigenvalue weighted by molar-refractivity contribution is 6.19. The Kier molecular flexibility index (Phi) is 8.88. The number of phenols is 1. The van der Waals surface area contributed by atoms with Crippen LogP contribution in [0.5, 0.6) is 28.7 Å². The SMILES string of the molecule is CCOc1ccc(-c2c3n(c4c2c(CN2CCOCC2)c(O)c2ccccc24)CCc2cc(OCC)c(OCC)cc2-3)cc1OCC. The maximum atomic E-state index is 12.1. The Balaban J connectivity index is 1.60. The van der Waals surface area contributed by atoms with Crippen LogP contribution in [-0.4, -0.2) is 67.3 Å². The Labute approximate surface area is 276 Å². The third-order valence-electron chi connectivity index (χ3n) is 9.23. The summed E-state index contributed by atoms with van der Waals surface area (Å²) in [5.74, 6) is 3.27. The van der Waals surface area contributed by atoms with Crippen molar-refractivity contribution in [3.63, 3.8) is 0 Å². The van der Waals surface area contributed by atoms with E-state index in [0.717, 1.165) is 92.9 Å². The second kappa shape index (κ2) is 13.4. The highest BCUT2D eigenvalue weighted by Gasteiger charge is 2.32. The molecule has 0 atom stereocenters. The first-order valence-corrected chi connectivity index (χ1v) is 17.0. The minimum absolute atomic E-state index is 0.335. The van der Waals surface area contributed by atoms with Gasteiger partial charge in [0.15, 0.2) is 23.0 Å². The van der Waals surface area contributed by atoms with E-state index in [4.69, 9.17) is 23.7 Å². The van der Waals surface area contributed by atoms with E-state index in [1.165, 1.54) is 5.56 Å². The van der Waals surface area contributed by atoms with Crippen LogP contribution in [0, 0.1) is 0 Å². The molecule has 47 heavy (non-hydrogen) atoms. The predicted molar refractivity (Wildman–Crippen MR) is 186 cm³/mol. The minimum Gasteiger partial charge on any atom is -0.507 e. The summed E-state index contributed by atoms with van der Waals surface area (Å²) < 4.78 is 32.5. The van der Waals surface area contributed by atoms with Crippen LogP contribution >= 0.6 is 0 Å². The van der Waals surface area contributed by atoms with E-state index in [9.17, 15) is 5.11 Å². The third-order valence-corrected chi connectivity index (χ3v) is 9.23. The van der Waals surface area contributed by atoms with E-state index in [-0.39, 0.29) is 0 Å². The first-order chi connectivity index (χ1) is 23.1. The lowest BCUT2D eigenvalue weighted by molar-refractivity contribution is 0.0341. The number of hydrogen-bond donors (Lipinski definition) is 1. The number of aryl methyl sites for hydroxylation is 2. The molecule has 1 saturated heterocycles. The number of fused-ring (bicyclic) bond motifs is 7. The second-order valence-electron chi connectivity index (χ2n) is 12.0. The van der Waals surface area contributed by atoms with Crippen molar-refractivity contribution in [2.75, 3.05) is 52.7 Å². The van der Waals surface area contributed by atoms with Crippen molar-refractivity contribution in [3.05, 3.63) is 65.7 Å². The van der Waals surface area contributed by atoms with Crippen molar-refractivity contribution in [1.82, 2.24) is 9.47 Å². The summed E-state index contributed by atoms with van der Waals surface area (Å²) in [4.78, 5) is 2.38. The van der Waals surface area contributed by atoms with Crippen molar-refractivity contribution in [2.45, 2.75) is 47.2 Å². The van der Waals surface area contributed by atoms with Gasteiger partial charge in [0.25, 0.3) is 0 Å². The average molecular weight is 637 g/mol. The average Bonchev–Trinajstić information content (AvgIpc) is 3.44. The standard InChI is InChI=1S/C39H44N2O6/c1-5-44-31-14-13-26(22-32(31)45-6-2)35-36-30(24-40-17-19-43-20-18-40)39(42)28-12-10-9-11-27(28)37(36)41-16-15-25-21-33(46-7-3)34(47-8-4)23-29(25)38(35)41/h9-14,21-23,42H,5-8,15-20,24H2,1-4H3. The van der Waals surface area contributed by atoms with E-state index < -0.39 is 0 Å². The van der Waals surface area contributed by atoms with Gasteiger partial charge in [0.1, 0.15) is 5.75 Å². The molecule has 0 saturated carbocycles. The van der Waals surface area contributed by atoms with Crippen LogP contribution in [0.15, 0.2) is 54.6 Å². The smallest absolute Gasteiger partial charge is 0.161 e. The highest BCUT2D eigenvalue weighted by atomic mass is 16.5. The van der Waals surface area contributed by atoms with Crippen LogP contribution in [-0.2, 0) is 24.2 Å². The molecule has 5 aromatic rings. The topological polar surface area (TPSA) is 74.6 Å². The molecule has 8 nitrogen and oxygen atoms in total. The number of rotatable bonds is 11. The van der Waals surface area contributed by atoms with Crippen molar-refractivity contribution in [1.29, 1.82) is 0 Å². The Hall–Kier alpha value is -4.40. The number of nitrogens with zero attached hydrogens (tertiary/aromatic N) is 2. The van der Waals surface area contributed by atoms with Crippen molar-refractivity contribution in [3.8, 4) is 51.1 Å². The molecule has 0 spiro atoms. The van der Waals surface area contributed by atoms with Gasteiger partial charge in [-0.05, 0) is 69.5 Å². The van der Waals surface area contributed by atoms with Gasteiger partial charge in [-0.3, -0.25) is 4.90 Å². The van der Waals surface area contributed by atoms with E-state index in [1.807, 2.05) is 45.9 Å². The summed E-state index contributed by atoms with van der Waals surface area (Å²) >= 11 is 0. The fraction of sp³-hybridized carbons (Fsp3) is 0.385. The van der Waals surface area contributed by atoms with Gasteiger partial charge < -0.3 is 33.4 Å². The molecule has 2 aliphatic heterocycles. The summed E-state index contributed by atoms with van der Waals surface area (Å²) in [6, 6.07) is 18.8. The second-order valence-corrected chi connectivity index (χ2v) is 12.0. The van der Waals surface area contributed by atoms with Gasteiger partial charge in [0.2, 0.25) is 0 Å². The number of aromatic hydroxyl groups is 1. The van der Waals surface area contributed by atoms with Crippen LogP contribution in [0.25, 0.3) is 44.1 Å². The molecule has 3 heterocycles. The molecule has 0 aliphatic carbocycles. The lowest BCUT2D eigenvalue weighted by Crippen LogP contribution is -2.35. The number of hydrogen-bond acceptors (Lipinski definition) is 7. The van der Waals surface area contributed by atoms with Gasteiger partial charge in [0.05, 0.1) is 50.9 Å². The van der Waals surface area contributed by atoms with E-state index >= 15 is 0 Å². The molecular formula is C39H44N2O6. The number of ether oxygens (including phenoxy) is 5. The molecule has 8 heteroatoms. The number of benzene rings is 4. The van der Waals surface area contributed by atoms with Gasteiger partial charge >= 0.3 is 0 Å². The molecule has 0 unspecified atom stereocenters. The Morgan fingerprint density at radius 1 is 0.723 bits per heavy atom. The number of morpholine rings is 1. The van der Waals surface area contributed by atoms with Crippen LogP contribution in [0.4, 0.5) is 0 Å². The van der Waals surface area contributed by atoms with Gasteiger partial charge in [0, 0.05) is 59.0 Å². The van der Waals surface area contributed by atoms with Gasteiger partial charge in [-0.15, -0.1) is 0 Å². The zero-order valence-corrected chi connectivity index (χ0v) is 27.9. The van der Waals surface area contributed by atoms with Gasteiger partial charge in [-0.25, -0.2) is 0 Å². The summed E-state index contributed by atoms with van der Waals surface area (Å²) in [7, 11) is 0. The van der Waals surface area contributed by atoms with Crippen molar-refractivity contribution < 1.29 is 28.8 Å². The largest absolute Gasteiger partial charge is 0.507 e. The Morgan fingerprint density at radius 2 is 1.36 bits per heavy atom. The number of aromatic nitrogens is 1. The van der Waals surface area contributed by atoms with Crippen LogP contribution in [0.2, 0.25) is 0 Å². The van der Waals surface area contributed by atoms with Crippen LogP contribution in [0.1, 0.15) is 38.8 Å². The fourth-order valence-electron chi connectivity index (χ4n) is 7.30. The van der Waals surface area contributed by atoms with Crippen LogP contribution in [0.3, 0.4) is 0 Å². The first-order valence-electron chi connectivity index (χ1n) is 17.0. The molecule has 7 rings (SSSR count). The molecule has 2 aliphatic rings. The van der Waals surface area contributed by atoms with Crippen molar-refractivity contribution >= 4 is 21.7 Å². The molecule has 0 bridgehead atoms. The predicted octanol–water partition coefficient (Wildman–Crippen LogP) is 7.82. The van der Waals surface area contributed by atoms with E-state index in [2.05, 4.69) is 45.9 Å². The monoisotopic (exact) mass is 636 g/mol. The summed E-state index contributed by atoms with van der Waals surface area (Å²) in [6.45, 7) is 14.5. The summed E-state index contributed by atoms with van der Waals surface area (Å²) in [6.07, 6.45) is 0.847. The zero-order valence-electron chi connectivity index (χ0n) is 27.9. The Morgan fingerprint density at radius 3 is 2.06 bits per heavy atom. The third kappa shape index (κ3) is 5.53. The quantitative estimate of drug-likeness (QED) is 0.159. The van der Waals surface area contributed by atoms with Gasteiger partial charge in [-0.2, -0.15) is 0 Å².